The van der Waals surface area contributed by atoms with Gasteiger partial charge in [-0.05, 0) is 25.8 Å². The summed E-state index contributed by atoms with van der Waals surface area (Å²) in [6.07, 6.45) is 1.55. The van der Waals surface area contributed by atoms with Gasteiger partial charge in [-0.3, -0.25) is 4.79 Å². The van der Waals surface area contributed by atoms with Gasteiger partial charge in [-0.15, -0.1) is 0 Å². The summed E-state index contributed by atoms with van der Waals surface area (Å²) < 4.78 is 1.67. The first-order valence-electron chi connectivity index (χ1n) is 6.76. The summed E-state index contributed by atoms with van der Waals surface area (Å²) in [6.45, 7) is 8.33. The van der Waals surface area contributed by atoms with Gasteiger partial charge in [-0.2, -0.15) is 5.10 Å². The van der Waals surface area contributed by atoms with Crippen molar-refractivity contribution in [1.82, 2.24) is 19.9 Å². The number of aryl methyl sites for hydroxylation is 2. The summed E-state index contributed by atoms with van der Waals surface area (Å²) in [7, 11) is 0. The lowest BCUT2D eigenvalue weighted by Crippen LogP contribution is -2.40. The molecule has 20 heavy (non-hydrogen) atoms. The Balaban J connectivity index is 2.23. The molecule has 0 aromatic carbocycles. The van der Waals surface area contributed by atoms with E-state index in [0.29, 0.717) is 23.7 Å². The highest BCUT2D eigenvalue weighted by Crippen LogP contribution is 2.11. The van der Waals surface area contributed by atoms with E-state index in [9.17, 15) is 4.79 Å². The Labute approximate surface area is 118 Å². The number of carbonyl (C=O) groups excluding carboxylic acids is 1. The molecule has 108 valence electrons. The molecule has 0 saturated carbocycles. The van der Waals surface area contributed by atoms with Crippen molar-refractivity contribution >= 4 is 11.6 Å². The maximum atomic E-state index is 12.2. The fourth-order valence-electron chi connectivity index (χ4n) is 1.97. The van der Waals surface area contributed by atoms with E-state index in [-0.39, 0.29) is 11.9 Å². The van der Waals surface area contributed by atoms with Gasteiger partial charge < -0.3 is 11.1 Å². The van der Waals surface area contributed by atoms with E-state index in [1.54, 1.807) is 10.7 Å². The van der Waals surface area contributed by atoms with E-state index in [1.165, 1.54) is 0 Å². The van der Waals surface area contributed by atoms with Crippen LogP contribution < -0.4 is 11.1 Å². The second-order valence-corrected chi connectivity index (χ2v) is 5.45. The molecule has 6 heteroatoms. The minimum absolute atomic E-state index is 0.0581. The molecule has 0 saturated heterocycles. The molecule has 2 aromatic heterocycles. The average Bonchev–Trinajstić information content (AvgIpc) is 2.79. The minimum Gasteiger partial charge on any atom is -0.350 e. The lowest BCUT2D eigenvalue weighted by Gasteiger charge is -2.15. The maximum Gasteiger partial charge on any atom is 0.256 e. The van der Waals surface area contributed by atoms with Gasteiger partial charge in [0.15, 0.2) is 5.65 Å². The smallest absolute Gasteiger partial charge is 0.256 e. The van der Waals surface area contributed by atoms with Gasteiger partial charge in [0.1, 0.15) is 5.56 Å². The monoisotopic (exact) mass is 275 g/mol. The second-order valence-electron chi connectivity index (χ2n) is 5.45. The highest BCUT2D eigenvalue weighted by Gasteiger charge is 2.16. The lowest BCUT2D eigenvalue weighted by atomic mass is 10.1. The largest absolute Gasteiger partial charge is 0.350 e. The summed E-state index contributed by atoms with van der Waals surface area (Å²) in [6, 6.07) is 1.87. The number of rotatable bonds is 4. The lowest BCUT2D eigenvalue weighted by molar-refractivity contribution is 0.0950. The third kappa shape index (κ3) is 2.80. The molecule has 0 radical (unpaired) electrons. The summed E-state index contributed by atoms with van der Waals surface area (Å²) in [5.74, 6) is 0.135. The van der Waals surface area contributed by atoms with Crippen molar-refractivity contribution in [3.05, 3.63) is 29.2 Å². The Morgan fingerprint density at radius 2 is 2.15 bits per heavy atom. The van der Waals surface area contributed by atoms with Crippen molar-refractivity contribution in [1.29, 1.82) is 0 Å². The number of aromatic nitrogens is 3. The second kappa shape index (κ2) is 5.58. The Hall–Kier alpha value is -1.95. The van der Waals surface area contributed by atoms with Gasteiger partial charge in [0, 0.05) is 24.0 Å². The molecule has 6 nitrogen and oxygen atoms in total. The van der Waals surface area contributed by atoms with Crippen LogP contribution in [0.25, 0.3) is 5.65 Å². The zero-order valence-electron chi connectivity index (χ0n) is 12.3. The van der Waals surface area contributed by atoms with E-state index in [1.807, 2.05) is 33.8 Å². The number of amides is 1. The molecule has 0 aliphatic heterocycles. The van der Waals surface area contributed by atoms with Crippen LogP contribution in [-0.4, -0.2) is 33.1 Å². The van der Waals surface area contributed by atoms with Crippen LogP contribution in [0.5, 0.6) is 0 Å². The van der Waals surface area contributed by atoms with E-state index >= 15 is 0 Å². The molecule has 2 aromatic rings. The Morgan fingerprint density at radius 3 is 2.80 bits per heavy atom. The number of nitrogens with two attached hydrogens (primary N) is 1. The molecule has 1 unspecified atom stereocenters. The first-order valence-corrected chi connectivity index (χ1v) is 6.76. The van der Waals surface area contributed by atoms with Crippen LogP contribution in [0, 0.1) is 19.8 Å². The zero-order chi connectivity index (χ0) is 14.9. The summed E-state index contributed by atoms with van der Waals surface area (Å²) in [5, 5.41) is 7.04. The predicted molar refractivity (Wildman–Crippen MR) is 77.6 cm³/mol. The number of carbonyl (C=O) groups is 1. The molecule has 2 rings (SSSR count). The predicted octanol–water partition coefficient (Wildman–Crippen LogP) is 1.06. The maximum absolute atomic E-state index is 12.2. The van der Waals surface area contributed by atoms with Gasteiger partial charge in [0.05, 0.1) is 6.20 Å². The van der Waals surface area contributed by atoms with Crippen molar-refractivity contribution in [2.24, 2.45) is 11.7 Å². The van der Waals surface area contributed by atoms with Crippen LogP contribution in [0.2, 0.25) is 0 Å². The molecule has 3 N–H and O–H groups in total. The molecule has 0 spiro atoms. The minimum atomic E-state index is -0.186. The van der Waals surface area contributed by atoms with E-state index in [4.69, 9.17) is 5.73 Å². The molecular formula is C14H21N5O. The zero-order valence-corrected chi connectivity index (χ0v) is 12.3. The third-order valence-corrected chi connectivity index (χ3v) is 3.38. The molecular weight excluding hydrogens is 254 g/mol. The van der Waals surface area contributed by atoms with Crippen molar-refractivity contribution in [3.63, 3.8) is 0 Å². The van der Waals surface area contributed by atoms with Crippen LogP contribution in [0.15, 0.2) is 12.3 Å². The Bertz CT molecular complexity index is 632. The summed E-state index contributed by atoms with van der Waals surface area (Å²) in [5.41, 5.74) is 8.80. The number of hydrogen-bond acceptors (Lipinski definition) is 4. The Morgan fingerprint density at radius 1 is 1.45 bits per heavy atom. The third-order valence-electron chi connectivity index (χ3n) is 3.38. The van der Waals surface area contributed by atoms with Crippen molar-refractivity contribution in [2.75, 3.05) is 6.54 Å². The number of fused-ring (bicyclic) bond motifs is 1. The van der Waals surface area contributed by atoms with E-state index in [2.05, 4.69) is 15.4 Å². The SMILES string of the molecule is Cc1cc(C)n2ncc(C(=O)NCC(N)C(C)C)c2n1. The molecule has 2 heterocycles. The first-order chi connectivity index (χ1) is 9.40. The van der Waals surface area contributed by atoms with Crippen molar-refractivity contribution < 1.29 is 4.79 Å². The summed E-state index contributed by atoms with van der Waals surface area (Å²) in [4.78, 5) is 16.6. The molecule has 0 fully saturated rings. The van der Waals surface area contributed by atoms with Crippen LogP contribution in [0.1, 0.15) is 35.6 Å². The van der Waals surface area contributed by atoms with Gasteiger partial charge in [-0.25, -0.2) is 9.50 Å². The number of hydrogen-bond donors (Lipinski definition) is 2. The van der Waals surface area contributed by atoms with Crippen LogP contribution >= 0.6 is 0 Å². The number of nitrogens with zero attached hydrogens (tertiary/aromatic N) is 3. The van der Waals surface area contributed by atoms with Gasteiger partial charge in [0.2, 0.25) is 0 Å². The molecule has 0 aliphatic rings. The quantitative estimate of drug-likeness (QED) is 0.873. The molecule has 1 amide bonds. The standard InChI is InChI=1S/C14H21N5O/c1-8(2)12(15)7-16-14(20)11-6-17-19-10(4)5-9(3)18-13(11)19/h5-6,8,12H,7,15H2,1-4H3,(H,16,20). The highest BCUT2D eigenvalue weighted by atomic mass is 16.1. The molecule has 0 bridgehead atoms. The molecule has 1 atom stereocenters. The fourth-order valence-corrected chi connectivity index (χ4v) is 1.97. The highest BCUT2D eigenvalue weighted by molar-refractivity contribution is 5.99. The van der Waals surface area contributed by atoms with Crippen molar-refractivity contribution in [2.45, 2.75) is 33.7 Å². The van der Waals surface area contributed by atoms with Gasteiger partial charge >= 0.3 is 0 Å². The van der Waals surface area contributed by atoms with Gasteiger partial charge in [-0.1, -0.05) is 13.8 Å². The Kier molecular flexibility index (Phi) is 4.04. The van der Waals surface area contributed by atoms with E-state index < -0.39 is 0 Å². The average molecular weight is 275 g/mol. The van der Waals surface area contributed by atoms with Crippen molar-refractivity contribution in [3.8, 4) is 0 Å². The van der Waals surface area contributed by atoms with Gasteiger partial charge in [0.25, 0.3) is 5.91 Å². The van der Waals surface area contributed by atoms with Crippen LogP contribution in [0.3, 0.4) is 0 Å². The fraction of sp³-hybridized carbons (Fsp3) is 0.500. The normalized spacial score (nSPS) is 12.9. The van der Waals surface area contributed by atoms with Crippen LogP contribution in [-0.2, 0) is 0 Å². The van der Waals surface area contributed by atoms with Crippen LogP contribution in [0.4, 0.5) is 0 Å². The van der Waals surface area contributed by atoms with E-state index in [0.717, 1.165) is 11.4 Å². The topological polar surface area (TPSA) is 85.3 Å². The summed E-state index contributed by atoms with van der Waals surface area (Å²) >= 11 is 0. The molecule has 0 aliphatic carbocycles. The first kappa shape index (κ1) is 14.5. The number of nitrogens with one attached hydrogen (secondary N) is 1.